The maximum absolute atomic E-state index is 13.6. The van der Waals surface area contributed by atoms with Gasteiger partial charge in [-0.25, -0.2) is 19.9 Å². The highest BCUT2D eigenvalue weighted by Crippen LogP contribution is 2.33. The third-order valence-electron chi connectivity index (χ3n) is 9.30. The fourth-order valence-corrected chi connectivity index (χ4v) is 6.67. The molecule has 5 N–H and O–H groups in total. The summed E-state index contributed by atoms with van der Waals surface area (Å²) in [6, 6.07) is 24.0. The molecule has 0 saturated carbocycles. The molecule has 4 aromatic heterocycles. The van der Waals surface area contributed by atoms with E-state index in [1.54, 1.807) is 16.7 Å². The number of rotatable bonds is 12. The van der Waals surface area contributed by atoms with E-state index in [9.17, 15) is 15.0 Å². The van der Waals surface area contributed by atoms with E-state index in [1.165, 1.54) is 19.8 Å². The van der Waals surface area contributed by atoms with Gasteiger partial charge in [0.15, 0.2) is 23.2 Å². The summed E-state index contributed by atoms with van der Waals surface area (Å²) < 4.78 is 19.3. The zero-order valence-corrected chi connectivity index (χ0v) is 28.1. The van der Waals surface area contributed by atoms with Gasteiger partial charge in [-0.1, -0.05) is 54.6 Å². The van der Waals surface area contributed by atoms with Gasteiger partial charge >= 0.3 is 0 Å². The summed E-state index contributed by atoms with van der Waals surface area (Å²) in [5, 5.41) is 29.2. The van der Waals surface area contributed by atoms with Gasteiger partial charge in [-0.15, -0.1) is 0 Å². The fraction of sp³-hybridized carbons (Fsp3) is 0.237. The van der Waals surface area contributed by atoms with Crippen LogP contribution in [0.4, 0.5) is 5.82 Å². The summed E-state index contributed by atoms with van der Waals surface area (Å²) in [6.07, 6.45) is 2.46. The third-order valence-corrected chi connectivity index (χ3v) is 9.30. The van der Waals surface area contributed by atoms with E-state index in [4.69, 9.17) is 14.2 Å². The van der Waals surface area contributed by atoms with Crippen molar-refractivity contribution in [2.24, 2.45) is 0 Å². The third kappa shape index (κ3) is 6.23. The van der Waals surface area contributed by atoms with Crippen molar-refractivity contribution < 1.29 is 29.2 Å². The number of carbonyl (C=O) groups is 1. The summed E-state index contributed by atoms with van der Waals surface area (Å²) in [4.78, 5) is 34.9. The van der Waals surface area contributed by atoms with E-state index in [0.29, 0.717) is 47.8 Å². The smallest absolute Gasteiger partial charge is 0.270 e. The number of amides is 1. The number of H-pyrrole nitrogens is 1. The number of anilines is 1. The highest BCUT2D eigenvalue weighted by Gasteiger charge is 2.46. The van der Waals surface area contributed by atoms with Crippen LogP contribution in [0.2, 0.25) is 0 Å². The maximum atomic E-state index is 13.6. The van der Waals surface area contributed by atoms with E-state index >= 15 is 0 Å². The topological polar surface area (TPSA) is 182 Å². The van der Waals surface area contributed by atoms with Gasteiger partial charge in [0, 0.05) is 29.6 Å². The molecule has 0 unspecified atom stereocenters. The lowest BCUT2D eigenvalue weighted by atomic mass is 10.1. The summed E-state index contributed by atoms with van der Waals surface area (Å²) in [6.45, 7) is 0.559. The Morgan fingerprint density at radius 2 is 1.83 bits per heavy atom. The highest BCUT2D eigenvalue weighted by molar-refractivity contribution is 5.97. The first-order valence-corrected chi connectivity index (χ1v) is 16.9. The maximum Gasteiger partial charge on any atom is 0.270 e. The number of aliphatic hydroxyl groups is 2. The Hall–Kier alpha value is -6.09. The molecule has 14 heteroatoms. The van der Waals surface area contributed by atoms with Gasteiger partial charge in [0.25, 0.3) is 5.91 Å². The van der Waals surface area contributed by atoms with Crippen LogP contribution in [0.1, 0.15) is 27.8 Å². The Morgan fingerprint density at radius 3 is 2.67 bits per heavy atom. The number of benzene rings is 3. The van der Waals surface area contributed by atoms with E-state index in [1.807, 2.05) is 66.9 Å². The van der Waals surface area contributed by atoms with Crippen LogP contribution in [-0.4, -0.2) is 84.1 Å². The van der Waals surface area contributed by atoms with Crippen molar-refractivity contribution in [1.82, 2.24) is 34.8 Å². The number of aliphatic hydroxyl groups excluding tert-OH is 2. The number of imidazole rings is 1. The molecule has 1 aliphatic rings. The van der Waals surface area contributed by atoms with Crippen LogP contribution >= 0.6 is 0 Å². The fourth-order valence-electron chi connectivity index (χ4n) is 6.67. The van der Waals surface area contributed by atoms with Gasteiger partial charge in [-0.3, -0.25) is 9.36 Å². The molecule has 3 aromatic carbocycles. The first kappa shape index (κ1) is 33.1. The zero-order chi connectivity index (χ0) is 35.6. The molecule has 7 aromatic rings. The van der Waals surface area contributed by atoms with E-state index in [2.05, 4.69) is 41.6 Å². The Kier molecular flexibility index (Phi) is 9.07. The number of hydrogen-bond donors (Lipinski definition) is 5. The molecule has 1 aliphatic heterocycles. The molecule has 1 amide bonds. The molecule has 264 valence electrons. The normalized spacial score (nSPS) is 18.6. The molecule has 1 fully saturated rings. The number of pyridine rings is 1. The monoisotopic (exact) mass is 700 g/mol. The summed E-state index contributed by atoms with van der Waals surface area (Å²) >= 11 is 0. The minimum absolute atomic E-state index is 0.101. The predicted octanol–water partition coefficient (Wildman–Crippen LogP) is 4.15. The van der Waals surface area contributed by atoms with Crippen LogP contribution in [-0.2, 0) is 17.8 Å². The summed E-state index contributed by atoms with van der Waals surface area (Å²) in [7, 11) is 1.52. The molecular weight excluding hydrogens is 664 g/mol. The van der Waals surface area contributed by atoms with Crippen LogP contribution in [0.15, 0.2) is 97.7 Å². The predicted molar refractivity (Wildman–Crippen MR) is 193 cm³/mol. The molecule has 0 aliphatic carbocycles. The van der Waals surface area contributed by atoms with Crippen LogP contribution in [0.3, 0.4) is 0 Å². The molecule has 52 heavy (non-hydrogen) atoms. The van der Waals surface area contributed by atoms with E-state index in [0.717, 1.165) is 33.2 Å². The lowest BCUT2D eigenvalue weighted by Gasteiger charge is -2.23. The number of hydrogen-bond acceptors (Lipinski definition) is 11. The Morgan fingerprint density at radius 1 is 1.00 bits per heavy atom. The Labute approximate surface area is 297 Å². The molecule has 8 rings (SSSR count). The first-order chi connectivity index (χ1) is 25.5. The largest absolute Gasteiger partial charge is 0.496 e. The number of nitrogens with one attached hydrogen (secondary N) is 3. The number of aromatic nitrogens is 6. The van der Waals surface area contributed by atoms with Gasteiger partial charge in [-0.05, 0) is 35.7 Å². The second kappa shape index (κ2) is 14.3. The van der Waals surface area contributed by atoms with Crippen LogP contribution in [0.25, 0.3) is 33.0 Å². The van der Waals surface area contributed by atoms with E-state index in [-0.39, 0.29) is 5.69 Å². The number of carbonyl (C=O) groups excluding carboxylic acids is 1. The van der Waals surface area contributed by atoms with Crippen molar-refractivity contribution in [3.63, 3.8) is 0 Å². The molecule has 0 spiro atoms. The Balaban J connectivity index is 0.989. The molecule has 1 saturated heterocycles. The van der Waals surface area contributed by atoms with Crippen LogP contribution < -0.4 is 20.1 Å². The second-order valence-corrected chi connectivity index (χ2v) is 12.5. The summed E-state index contributed by atoms with van der Waals surface area (Å²) in [5.74, 6) is 1.24. The van der Waals surface area contributed by atoms with Gasteiger partial charge in [0.2, 0.25) is 0 Å². The SMILES string of the molecule is COc1cc(C(=O)N[C@@H]2[C@H](O)[C@@H](CO)O[C@H]2n2cnc3c(NCCc4c[nH]c5c(OCc6ccccc6)cccc45)ncnc32)nc2ccccc12. The van der Waals surface area contributed by atoms with Crippen molar-refractivity contribution in [2.75, 3.05) is 25.6 Å². The van der Waals surface area contributed by atoms with Gasteiger partial charge in [0.1, 0.15) is 48.4 Å². The van der Waals surface area contributed by atoms with Crippen molar-refractivity contribution in [3.05, 3.63) is 115 Å². The number of para-hydroxylation sites is 2. The van der Waals surface area contributed by atoms with Crippen molar-refractivity contribution in [1.29, 1.82) is 0 Å². The number of ether oxygens (including phenoxy) is 3. The average molecular weight is 701 g/mol. The zero-order valence-electron chi connectivity index (χ0n) is 28.1. The highest BCUT2D eigenvalue weighted by atomic mass is 16.5. The lowest BCUT2D eigenvalue weighted by Crippen LogP contribution is -2.47. The first-order valence-electron chi connectivity index (χ1n) is 16.9. The van der Waals surface area contributed by atoms with Crippen LogP contribution in [0.5, 0.6) is 11.5 Å². The molecule has 4 atom stereocenters. The quantitative estimate of drug-likeness (QED) is 0.124. The average Bonchev–Trinajstić information content (AvgIpc) is 3.89. The number of fused-ring (bicyclic) bond motifs is 3. The van der Waals surface area contributed by atoms with Crippen molar-refractivity contribution in [3.8, 4) is 11.5 Å². The van der Waals surface area contributed by atoms with E-state index < -0.39 is 37.0 Å². The minimum atomic E-state index is -1.24. The van der Waals surface area contributed by atoms with Gasteiger partial charge in [-0.2, -0.15) is 0 Å². The number of nitrogens with zero attached hydrogens (tertiary/aromatic N) is 5. The van der Waals surface area contributed by atoms with Gasteiger partial charge in [0.05, 0.1) is 31.1 Å². The van der Waals surface area contributed by atoms with Crippen molar-refractivity contribution in [2.45, 2.75) is 37.5 Å². The number of aromatic amines is 1. The molecule has 0 radical (unpaired) electrons. The standard InChI is InChI=1S/C38H36N8O6/c1-50-29-16-27(44-26-12-6-5-10-25(26)29)37(49)45-32-34(48)30(18-47)52-38(32)46-21-43-33-35(41-20-42-36(33)46)39-15-14-23-17-40-31-24(23)11-7-13-28(31)51-19-22-8-3-2-4-9-22/h2-13,16-17,20-21,30,32,34,38,40,47-48H,14-15,18-19H2,1H3,(H,45,49)(H,39,41,42)/t30-,32-,34-,38-/m1/s1. The lowest BCUT2D eigenvalue weighted by molar-refractivity contribution is -0.0440. The second-order valence-electron chi connectivity index (χ2n) is 12.5. The minimum Gasteiger partial charge on any atom is -0.496 e. The summed E-state index contributed by atoms with van der Waals surface area (Å²) in [5.41, 5.74) is 4.74. The van der Waals surface area contributed by atoms with Crippen LogP contribution in [0, 0.1) is 0 Å². The van der Waals surface area contributed by atoms with Gasteiger partial charge < -0.3 is 40.0 Å². The molecule has 5 heterocycles. The molecular formula is C38H36N8O6. The Bertz CT molecular complexity index is 2360. The number of methoxy groups -OCH3 is 1. The molecule has 0 bridgehead atoms. The molecule has 14 nitrogen and oxygen atoms in total. The van der Waals surface area contributed by atoms with Crippen molar-refractivity contribution >= 4 is 44.7 Å².